The smallest absolute Gasteiger partial charge is 0.161 e. The Kier molecular flexibility index (Phi) is 4.81. The summed E-state index contributed by atoms with van der Waals surface area (Å²) in [6, 6.07) is 6.04. The number of carbonyl (C=O) groups is 1. The Bertz CT molecular complexity index is 423. The topological polar surface area (TPSA) is 20.3 Å². The first-order valence-corrected chi connectivity index (χ1v) is 7.53. The fraction of sp³-hybridized carbons (Fsp3) is 0.533. The standard InChI is InChI=1S/C15H20BrNO/c1-12(18)14-11-13(16)7-8-15(14)17-9-5-3-2-4-6-10-17/h7-8,11H,2-6,9-10H2,1H3. The van der Waals surface area contributed by atoms with Crippen LogP contribution in [0.1, 0.15) is 49.4 Å². The molecule has 0 saturated carbocycles. The fourth-order valence-electron chi connectivity index (χ4n) is 2.55. The quantitative estimate of drug-likeness (QED) is 0.754. The van der Waals surface area contributed by atoms with Gasteiger partial charge in [-0.15, -0.1) is 0 Å². The summed E-state index contributed by atoms with van der Waals surface area (Å²) in [6.07, 6.45) is 6.43. The first kappa shape index (κ1) is 13.6. The van der Waals surface area contributed by atoms with Gasteiger partial charge in [-0.2, -0.15) is 0 Å². The normalized spacial score (nSPS) is 17.1. The Morgan fingerprint density at radius 1 is 1.11 bits per heavy atom. The molecule has 1 aromatic carbocycles. The lowest BCUT2D eigenvalue weighted by Gasteiger charge is -2.28. The van der Waals surface area contributed by atoms with Crippen LogP contribution >= 0.6 is 15.9 Å². The summed E-state index contributed by atoms with van der Waals surface area (Å²) in [4.78, 5) is 14.1. The van der Waals surface area contributed by atoms with Crippen molar-refractivity contribution in [3.05, 3.63) is 28.2 Å². The average molecular weight is 310 g/mol. The SMILES string of the molecule is CC(=O)c1cc(Br)ccc1N1CCCCCCC1. The number of halogens is 1. The lowest BCUT2D eigenvalue weighted by Crippen LogP contribution is -2.28. The summed E-state index contributed by atoms with van der Waals surface area (Å²) in [5, 5.41) is 0. The second kappa shape index (κ2) is 6.37. The number of hydrogen-bond acceptors (Lipinski definition) is 2. The van der Waals surface area contributed by atoms with E-state index in [4.69, 9.17) is 0 Å². The molecule has 0 spiro atoms. The molecule has 0 unspecified atom stereocenters. The monoisotopic (exact) mass is 309 g/mol. The number of nitrogens with zero attached hydrogens (tertiary/aromatic N) is 1. The second-order valence-electron chi connectivity index (χ2n) is 4.97. The molecular formula is C15H20BrNO. The number of rotatable bonds is 2. The Labute approximate surface area is 117 Å². The van der Waals surface area contributed by atoms with Gasteiger partial charge < -0.3 is 4.90 Å². The first-order valence-electron chi connectivity index (χ1n) is 6.74. The van der Waals surface area contributed by atoms with Gasteiger partial charge in [-0.1, -0.05) is 35.2 Å². The van der Waals surface area contributed by atoms with Crippen molar-refractivity contribution in [3.8, 4) is 0 Å². The van der Waals surface area contributed by atoms with Gasteiger partial charge in [0.05, 0.1) is 0 Å². The minimum absolute atomic E-state index is 0.147. The van der Waals surface area contributed by atoms with Crippen LogP contribution in [-0.2, 0) is 0 Å². The van der Waals surface area contributed by atoms with Crippen molar-refractivity contribution in [2.24, 2.45) is 0 Å². The highest BCUT2D eigenvalue weighted by atomic mass is 79.9. The van der Waals surface area contributed by atoms with Crippen LogP contribution in [0.15, 0.2) is 22.7 Å². The van der Waals surface area contributed by atoms with Gasteiger partial charge in [0.15, 0.2) is 5.78 Å². The maximum atomic E-state index is 11.8. The third-order valence-electron chi connectivity index (χ3n) is 3.53. The zero-order valence-corrected chi connectivity index (χ0v) is 12.5. The molecule has 3 heteroatoms. The van der Waals surface area contributed by atoms with Gasteiger partial charge in [-0.05, 0) is 38.0 Å². The predicted octanol–water partition coefficient (Wildman–Crippen LogP) is 4.42. The first-order chi connectivity index (χ1) is 8.68. The predicted molar refractivity (Wildman–Crippen MR) is 79.4 cm³/mol. The summed E-state index contributed by atoms with van der Waals surface area (Å²) in [7, 11) is 0. The molecule has 0 aliphatic carbocycles. The number of Topliss-reactive ketones (excluding diaryl/α,β-unsaturated/α-hetero) is 1. The van der Waals surface area contributed by atoms with Crippen LogP contribution in [0.4, 0.5) is 5.69 Å². The van der Waals surface area contributed by atoms with Crippen molar-refractivity contribution in [3.63, 3.8) is 0 Å². The lowest BCUT2D eigenvalue weighted by molar-refractivity contribution is 0.101. The van der Waals surface area contributed by atoms with Crippen LogP contribution in [0.2, 0.25) is 0 Å². The molecule has 18 heavy (non-hydrogen) atoms. The van der Waals surface area contributed by atoms with Crippen LogP contribution in [0, 0.1) is 0 Å². The van der Waals surface area contributed by atoms with Gasteiger partial charge in [-0.3, -0.25) is 4.79 Å². The molecule has 0 aromatic heterocycles. The van der Waals surface area contributed by atoms with Gasteiger partial charge >= 0.3 is 0 Å². The molecule has 1 heterocycles. The maximum Gasteiger partial charge on any atom is 0.161 e. The molecule has 1 fully saturated rings. The molecule has 1 aliphatic rings. The highest BCUT2D eigenvalue weighted by molar-refractivity contribution is 9.10. The van der Waals surface area contributed by atoms with Crippen LogP contribution < -0.4 is 4.90 Å². The maximum absolute atomic E-state index is 11.8. The summed E-state index contributed by atoms with van der Waals surface area (Å²) in [5.74, 6) is 0.147. The van der Waals surface area contributed by atoms with E-state index < -0.39 is 0 Å². The molecule has 0 amide bonds. The summed E-state index contributed by atoms with van der Waals surface area (Å²) in [5.41, 5.74) is 1.94. The second-order valence-corrected chi connectivity index (χ2v) is 5.89. The van der Waals surface area contributed by atoms with Crippen molar-refractivity contribution in [2.45, 2.75) is 39.0 Å². The van der Waals surface area contributed by atoms with Crippen LogP contribution in [0.5, 0.6) is 0 Å². The number of hydrogen-bond donors (Lipinski definition) is 0. The van der Waals surface area contributed by atoms with Gasteiger partial charge in [0.25, 0.3) is 0 Å². The number of anilines is 1. The lowest BCUT2D eigenvalue weighted by atomic mass is 10.0. The molecule has 0 radical (unpaired) electrons. The molecule has 98 valence electrons. The summed E-state index contributed by atoms with van der Waals surface area (Å²) >= 11 is 3.45. The Balaban J connectivity index is 2.27. The van der Waals surface area contributed by atoms with Gasteiger partial charge in [0.2, 0.25) is 0 Å². The van der Waals surface area contributed by atoms with Crippen LogP contribution in [0.3, 0.4) is 0 Å². The largest absolute Gasteiger partial charge is 0.371 e. The Morgan fingerprint density at radius 2 is 1.72 bits per heavy atom. The van der Waals surface area contributed by atoms with E-state index in [1.165, 1.54) is 32.1 Å². The third kappa shape index (κ3) is 3.35. The van der Waals surface area contributed by atoms with Gasteiger partial charge in [0.1, 0.15) is 0 Å². The van der Waals surface area contributed by atoms with E-state index in [2.05, 4.69) is 26.9 Å². The molecule has 2 nitrogen and oxygen atoms in total. The molecule has 0 bridgehead atoms. The summed E-state index contributed by atoms with van der Waals surface area (Å²) in [6.45, 7) is 3.79. The third-order valence-corrected chi connectivity index (χ3v) is 4.03. The number of benzene rings is 1. The van der Waals surface area contributed by atoms with E-state index in [9.17, 15) is 4.79 Å². The van der Waals surface area contributed by atoms with E-state index in [0.29, 0.717) is 0 Å². The van der Waals surface area contributed by atoms with Crippen molar-refractivity contribution in [1.29, 1.82) is 0 Å². The highest BCUT2D eigenvalue weighted by Gasteiger charge is 2.15. The molecular weight excluding hydrogens is 290 g/mol. The van der Waals surface area contributed by atoms with Crippen LogP contribution in [0.25, 0.3) is 0 Å². The van der Waals surface area contributed by atoms with E-state index in [-0.39, 0.29) is 5.78 Å². The zero-order valence-electron chi connectivity index (χ0n) is 10.9. The minimum Gasteiger partial charge on any atom is -0.371 e. The molecule has 1 saturated heterocycles. The van der Waals surface area contributed by atoms with Crippen molar-refractivity contribution in [2.75, 3.05) is 18.0 Å². The van der Waals surface area contributed by atoms with Crippen molar-refractivity contribution in [1.82, 2.24) is 0 Å². The summed E-state index contributed by atoms with van der Waals surface area (Å²) < 4.78 is 0.975. The highest BCUT2D eigenvalue weighted by Crippen LogP contribution is 2.27. The van der Waals surface area contributed by atoms with E-state index in [0.717, 1.165) is 28.8 Å². The van der Waals surface area contributed by atoms with Gasteiger partial charge in [-0.25, -0.2) is 0 Å². The van der Waals surface area contributed by atoms with Crippen LogP contribution in [-0.4, -0.2) is 18.9 Å². The van der Waals surface area contributed by atoms with E-state index >= 15 is 0 Å². The van der Waals surface area contributed by atoms with Gasteiger partial charge in [0, 0.05) is 28.8 Å². The number of carbonyl (C=O) groups excluding carboxylic acids is 1. The molecule has 2 rings (SSSR count). The Morgan fingerprint density at radius 3 is 2.33 bits per heavy atom. The zero-order chi connectivity index (χ0) is 13.0. The van der Waals surface area contributed by atoms with Crippen molar-refractivity contribution < 1.29 is 4.79 Å². The molecule has 1 aromatic rings. The average Bonchev–Trinajstić information content (AvgIpc) is 2.29. The van der Waals surface area contributed by atoms with E-state index in [1.807, 2.05) is 12.1 Å². The Hall–Kier alpha value is -0.830. The van der Waals surface area contributed by atoms with E-state index in [1.54, 1.807) is 6.92 Å². The molecule has 0 atom stereocenters. The molecule has 0 N–H and O–H groups in total. The number of ketones is 1. The minimum atomic E-state index is 0.147. The fourth-order valence-corrected chi connectivity index (χ4v) is 2.92. The van der Waals surface area contributed by atoms with Crippen molar-refractivity contribution >= 4 is 27.4 Å². The molecule has 1 aliphatic heterocycles.